The van der Waals surface area contributed by atoms with Crippen molar-refractivity contribution in [2.24, 2.45) is 5.73 Å². The van der Waals surface area contributed by atoms with Crippen LogP contribution in [0.5, 0.6) is 0 Å². The molecule has 160 valence electrons. The summed E-state index contributed by atoms with van der Waals surface area (Å²) < 4.78 is 53.9. The van der Waals surface area contributed by atoms with E-state index >= 15 is 0 Å². The molecule has 3 rings (SSSR count). The third kappa shape index (κ3) is 4.62. The van der Waals surface area contributed by atoms with E-state index in [0.29, 0.717) is 29.9 Å². The molecule has 5 nitrogen and oxygen atoms in total. The highest BCUT2D eigenvalue weighted by Gasteiger charge is 2.29. The highest BCUT2D eigenvalue weighted by Crippen LogP contribution is 2.27. The number of hydrogen-bond acceptors (Lipinski definition) is 3. The summed E-state index contributed by atoms with van der Waals surface area (Å²) in [7, 11) is 0. The minimum Gasteiger partial charge on any atom is -0.329 e. The summed E-state index contributed by atoms with van der Waals surface area (Å²) in [5.41, 5.74) is 6.81. The first-order valence-electron chi connectivity index (χ1n) is 9.45. The van der Waals surface area contributed by atoms with Crippen LogP contribution in [-0.4, -0.2) is 35.8 Å². The van der Waals surface area contributed by atoms with Crippen LogP contribution >= 0.6 is 0 Å². The molecule has 0 aliphatic carbocycles. The number of fused-ring (bicyclic) bond motifs is 1. The first kappa shape index (κ1) is 21.8. The van der Waals surface area contributed by atoms with Gasteiger partial charge < -0.3 is 15.5 Å². The Morgan fingerprint density at radius 3 is 2.47 bits per heavy atom. The number of nitrogens with two attached hydrogens (primary N) is 1. The molecule has 9 heteroatoms. The summed E-state index contributed by atoms with van der Waals surface area (Å²) in [6, 6.07) is 4.30. The molecule has 0 radical (unpaired) electrons. The maximum Gasteiger partial charge on any atom is 0.246 e. The number of amides is 2. The third-order valence-electron chi connectivity index (χ3n) is 5.00. The fourth-order valence-corrected chi connectivity index (χ4v) is 3.52. The molecule has 1 aliphatic heterocycles. The Kier molecular flexibility index (Phi) is 6.40. The molecule has 0 aromatic heterocycles. The molecule has 1 heterocycles. The van der Waals surface area contributed by atoms with Crippen molar-refractivity contribution in [2.45, 2.75) is 32.4 Å². The van der Waals surface area contributed by atoms with Crippen molar-refractivity contribution < 1.29 is 27.2 Å². The van der Waals surface area contributed by atoms with Gasteiger partial charge in [-0.2, -0.15) is 0 Å². The van der Waals surface area contributed by atoms with Gasteiger partial charge in [-0.3, -0.25) is 9.59 Å². The minimum atomic E-state index is -1.31. The standard InChI is InChI=1S/C21H21F4N3O2/c1-2-28-19-7-14(22)4-3-12(19)10-27(11-21(28)30)20(29)8-15(26)5-13-6-17(24)18(25)9-16(13)23/h3-4,6-7,9,15H,2,5,8,10-11,26H2,1H3/t15-/m1/s1. The second-order valence-electron chi connectivity index (χ2n) is 7.19. The van der Waals surface area contributed by atoms with Gasteiger partial charge in [0.25, 0.3) is 0 Å². The highest BCUT2D eigenvalue weighted by molar-refractivity contribution is 5.98. The van der Waals surface area contributed by atoms with Gasteiger partial charge in [0.2, 0.25) is 11.8 Å². The van der Waals surface area contributed by atoms with E-state index in [1.807, 2.05) is 0 Å². The number of halogens is 4. The lowest BCUT2D eigenvalue weighted by molar-refractivity contribution is -0.135. The lowest BCUT2D eigenvalue weighted by atomic mass is 10.0. The van der Waals surface area contributed by atoms with Crippen LogP contribution in [0.25, 0.3) is 0 Å². The van der Waals surface area contributed by atoms with Crippen LogP contribution in [0.4, 0.5) is 23.2 Å². The van der Waals surface area contributed by atoms with Crippen LogP contribution in [0.15, 0.2) is 30.3 Å². The number of nitrogens with zero attached hydrogens (tertiary/aromatic N) is 2. The summed E-state index contributed by atoms with van der Waals surface area (Å²) in [6.45, 7) is 1.93. The molecule has 1 aliphatic rings. The van der Waals surface area contributed by atoms with Crippen molar-refractivity contribution in [1.29, 1.82) is 0 Å². The van der Waals surface area contributed by atoms with Crippen LogP contribution in [0, 0.1) is 23.3 Å². The third-order valence-corrected chi connectivity index (χ3v) is 5.00. The fourth-order valence-electron chi connectivity index (χ4n) is 3.52. The molecule has 0 saturated heterocycles. The summed E-state index contributed by atoms with van der Waals surface area (Å²) >= 11 is 0. The van der Waals surface area contributed by atoms with E-state index in [1.165, 1.54) is 28.0 Å². The van der Waals surface area contributed by atoms with Crippen LogP contribution in [0.2, 0.25) is 0 Å². The molecule has 2 aromatic carbocycles. The highest BCUT2D eigenvalue weighted by atomic mass is 19.2. The van der Waals surface area contributed by atoms with Gasteiger partial charge in [-0.1, -0.05) is 6.07 Å². The zero-order chi connectivity index (χ0) is 22.0. The van der Waals surface area contributed by atoms with Crippen LogP contribution < -0.4 is 10.6 Å². The SMILES string of the molecule is CCN1C(=O)CN(C(=O)C[C@H](N)Cc2cc(F)c(F)cc2F)Cc2ccc(F)cc21. The van der Waals surface area contributed by atoms with Crippen LogP contribution in [-0.2, 0) is 22.6 Å². The molecular weight excluding hydrogens is 402 g/mol. The van der Waals surface area contributed by atoms with Gasteiger partial charge in [-0.05, 0) is 42.7 Å². The molecule has 1 atom stereocenters. The maximum atomic E-state index is 13.8. The van der Waals surface area contributed by atoms with E-state index in [-0.39, 0.29) is 37.4 Å². The van der Waals surface area contributed by atoms with Gasteiger partial charge in [0.05, 0.1) is 5.69 Å². The summed E-state index contributed by atoms with van der Waals surface area (Å²) in [6.07, 6.45) is -0.409. The zero-order valence-electron chi connectivity index (χ0n) is 16.3. The summed E-state index contributed by atoms with van der Waals surface area (Å²) in [5.74, 6) is -4.76. The molecule has 0 saturated carbocycles. The van der Waals surface area contributed by atoms with Crippen molar-refractivity contribution in [2.75, 3.05) is 18.0 Å². The zero-order valence-corrected chi connectivity index (χ0v) is 16.3. The summed E-state index contributed by atoms with van der Waals surface area (Å²) in [5, 5.41) is 0. The van der Waals surface area contributed by atoms with E-state index in [2.05, 4.69) is 0 Å². The lowest BCUT2D eigenvalue weighted by Gasteiger charge is -2.22. The van der Waals surface area contributed by atoms with E-state index in [0.717, 1.165) is 0 Å². The number of carbonyl (C=O) groups excluding carboxylic acids is 2. The largest absolute Gasteiger partial charge is 0.329 e. The predicted molar refractivity (Wildman–Crippen MR) is 102 cm³/mol. The Morgan fingerprint density at radius 2 is 1.77 bits per heavy atom. The summed E-state index contributed by atoms with van der Waals surface area (Å²) in [4.78, 5) is 28.0. The van der Waals surface area contributed by atoms with Gasteiger partial charge in [0, 0.05) is 31.6 Å². The second-order valence-corrected chi connectivity index (χ2v) is 7.19. The average Bonchev–Trinajstić information content (AvgIpc) is 2.81. The molecule has 2 N–H and O–H groups in total. The Morgan fingerprint density at radius 1 is 1.07 bits per heavy atom. The molecule has 0 bridgehead atoms. The van der Waals surface area contributed by atoms with Crippen molar-refractivity contribution in [1.82, 2.24) is 4.90 Å². The van der Waals surface area contributed by atoms with Gasteiger partial charge in [0.15, 0.2) is 11.6 Å². The quantitative estimate of drug-likeness (QED) is 0.594. The fraction of sp³-hybridized carbons (Fsp3) is 0.333. The Labute approximate surface area is 171 Å². The van der Waals surface area contributed by atoms with E-state index < -0.39 is 35.2 Å². The molecule has 2 amide bonds. The molecule has 0 unspecified atom stereocenters. The van der Waals surface area contributed by atoms with Gasteiger partial charge in [0.1, 0.15) is 18.2 Å². The van der Waals surface area contributed by atoms with Crippen LogP contribution in [0.1, 0.15) is 24.5 Å². The molecule has 2 aromatic rings. The minimum absolute atomic E-state index is 0.0863. The van der Waals surface area contributed by atoms with E-state index in [9.17, 15) is 27.2 Å². The molecule has 0 spiro atoms. The smallest absolute Gasteiger partial charge is 0.246 e. The normalized spacial score (nSPS) is 15.1. The van der Waals surface area contributed by atoms with Crippen molar-refractivity contribution >= 4 is 17.5 Å². The van der Waals surface area contributed by atoms with Crippen molar-refractivity contribution in [3.05, 3.63) is 64.7 Å². The molecule has 30 heavy (non-hydrogen) atoms. The first-order chi connectivity index (χ1) is 14.2. The number of hydrogen-bond donors (Lipinski definition) is 1. The number of rotatable bonds is 5. The monoisotopic (exact) mass is 423 g/mol. The molecular formula is C21H21F4N3O2. The Hall–Kier alpha value is -2.94. The van der Waals surface area contributed by atoms with Gasteiger partial charge in [-0.25, -0.2) is 17.6 Å². The lowest BCUT2D eigenvalue weighted by Crippen LogP contribution is -2.42. The van der Waals surface area contributed by atoms with Gasteiger partial charge >= 0.3 is 0 Å². The number of likely N-dealkylation sites (N-methyl/N-ethyl adjacent to an activating group) is 1. The second kappa shape index (κ2) is 8.83. The maximum absolute atomic E-state index is 13.8. The van der Waals surface area contributed by atoms with E-state index in [1.54, 1.807) is 6.92 Å². The topological polar surface area (TPSA) is 66.6 Å². The van der Waals surface area contributed by atoms with E-state index in [4.69, 9.17) is 5.73 Å². The van der Waals surface area contributed by atoms with Crippen molar-refractivity contribution in [3.63, 3.8) is 0 Å². The predicted octanol–water partition coefficient (Wildman–Crippen LogP) is 2.90. The average molecular weight is 423 g/mol. The molecule has 0 fully saturated rings. The number of benzene rings is 2. The Balaban J connectivity index is 1.74. The number of anilines is 1. The first-order valence-corrected chi connectivity index (χ1v) is 9.45. The number of carbonyl (C=O) groups is 2. The van der Waals surface area contributed by atoms with Crippen molar-refractivity contribution in [3.8, 4) is 0 Å². The Bertz CT molecular complexity index is 983. The van der Waals surface area contributed by atoms with Crippen LogP contribution in [0.3, 0.4) is 0 Å². The van der Waals surface area contributed by atoms with Gasteiger partial charge in [-0.15, -0.1) is 0 Å².